The van der Waals surface area contributed by atoms with E-state index in [1.807, 2.05) is 78.9 Å². The van der Waals surface area contributed by atoms with Crippen LogP contribution in [0.2, 0.25) is 0 Å². The second kappa shape index (κ2) is 37.1. The molecule has 4 aromatic rings. The van der Waals surface area contributed by atoms with Crippen LogP contribution in [-0.2, 0) is 98.8 Å². The van der Waals surface area contributed by atoms with Crippen molar-refractivity contribution in [2.45, 2.75) is 253 Å². The van der Waals surface area contributed by atoms with Crippen LogP contribution in [0.5, 0.6) is 0 Å². The van der Waals surface area contributed by atoms with Gasteiger partial charge in [0.25, 0.3) is 0 Å². The third kappa shape index (κ3) is 32.1. The van der Waals surface area contributed by atoms with Crippen molar-refractivity contribution in [3.63, 3.8) is 0 Å². The largest absolute Gasteiger partial charge is 0.460 e. The first-order chi connectivity index (χ1) is 46.9. The molecule has 1 saturated heterocycles. The van der Waals surface area contributed by atoms with E-state index in [1.165, 1.54) is 0 Å². The minimum Gasteiger partial charge on any atom is -0.460 e. The molecule has 558 valence electrons. The van der Waals surface area contributed by atoms with Crippen molar-refractivity contribution >= 4 is 81.1 Å². The maximum atomic E-state index is 14.9. The van der Waals surface area contributed by atoms with Crippen LogP contribution in [-0.4, -0.2) is 163 Å². The molecular weight excluding hydrogens is 1300 g/mol. The zero-order valence-corrected chi connectivity index (χ0v) is 62.2. The molecule has 25 nitrogen and oxygen atoms in total. The molecule has 1 heterocycles. The van der Waals surface area contributed by atoms with E-state index in [4.69, 9.17) is 42.6 Å². The summed E-state index contributed by atoms with van der Waals surface area (Å²) >= 11 is 0. The fourth-order valence-corrected chi connectivity index (χ4v) is 10.5. The maximum absolute atomic E-state index is 14.9. The maximum Gasteiger partial charge on any atom is 0.329 e. The number of hydrogen-bond donors (Lipinski definition) is 6. The second-order valence-electron chi connectivity index (χ2n) is 31.2. The lowest BCUT2D eigenvalue weighted by molar-refractivity contribution is -0.299. The zero-order chi connectivity index (χ0) is 75.2. The first-order valence-electron chi connectivity index (χ1n) is 34.7. The lowest BCUT2D eigenvalue weighted by Crippen LogP contribution is -2.57. The van der Waals surface area contributed by atoms with Crippen molar-refractivity contribution in [1.82, 2.24) is 31.9 Å². The molecule has 4 aromatic carbocycles. The van der Waals surface area contributed by atoms with Gasteiger partial charge in [-0.1, -0.05) is 78.9 Å². The number of esters is 5. The minimum absolute atomic E-state index is 0.00315. The van der Waals surface area contributed by atoms with Gasteiger partial charge in [-0.15, -0.1) is 0 Å². The highest BCUT2D eigenvalue weighted by Crippen LogP contribution is 2.32. The topological polar surface area (TPSA) is 326 Å². The van der Waals surface area contributed by atoms with Crippen molar-refractivity contribution in [2.24, 2.45) is 5.41 Å². The molecular formula is C76H110N6O19. The van der Waals surface area contributed by atoms with Crippen LogP contribution >= 0.6 is 0 Å². The lowest BCUT2D eigenvalue weighted by Gasteiger charge is -2.43. The number of unbranched alkanes of at least 4 members (excludes halogenated alkanes) is 1. The average Bonchev–Trinajstić information content (AvgIpc) is 0.824. The lowest BCUT2D eigenvalue weighted by atomic mass is 9.91. The summed E-state index contributed by atoms with van der Waals surface area (Å²) in [7, 11) is 0. The van der Waals surface area contributed by atoms with E-state index in [1.54, 1.807) is 118 Å². The molecule has 0 bridgehead atoms. The standard InChI is InChI=1S/C76H110N6O19/c1-70(2,3)97-61(84)36-33-55(78-60(83)44-94-46-76(47-95-75(16,17)96-48-76)45-93-43-50-30-32-52-25-19-21-27-54(52)41-50)65(88)79-56(34-37-62(85)98-71(4,5)6)66(89)80-59(42-49-29-31-51-24-18-20-26-53(51)40-49)64(87)77-39-23-22-28-57(67(90)100-73(10,11)12)81-69(92)82-58(68(91)101-74(13,14)15)35-38-63(86)99-72(7,8)9/h18-21,24-27,29-32,40-41,55-59H,22-23,28,33-39,42-48H2,1-17H3,(H,77,87)(H,78,83)(H,79,88)(H,80,89)(H2,81,82,92). The molecule has 1 fully saturated rings. The molecule has 5 rings (SSSR count). The number of carbonyl (C=O) groups is 10. The highest BCUT2D eigenvalue weighted by Gasteiger charge is 2.42. The Hall–Kier alpha value is -8.26. The molecule has 5 unspecified atom stereocenters. The molecule has 1 aliphatic rings. The fraction of sp³-hybridized carbons (Fsp3) is 0.605. The molecule has 25 heteroatoms. The molecule has 0 aliphatic carbocycles. The molecule has 6 N–H and O–H groups in total. The summed E-state index contributed by atoms with van der Waals surface area (Å²) in [5.41, 5.74) is -3.77. The van der Waals surface area contributed by atoms with Crippen molar-refractivity contribution in [3.8, 4) is 0 Å². The first kappa shape index (κ1) is 83.4. The summed E-state index contributed by atoms with van der Waals surface area (Å²) in [6.07, 6.45) is -1.35. The van der Waals surface area contributed by atoms with Crippen molar-refractivity contribution in [3.05, 3.63) is 96.1 Å². The number of ether oxygens (including phenoxy) is 9. The number of benzene rings is 4. The van der Waals surface area contributed by atoms with Gasteiger partial charge in [0.05, 0.1) is 38.4 Å². The van der Waals surface area contributed by atoms with E-state index in [0.717, 1.165) is 27.1 Å². The molecule has 1 aliphatic heterocycles. The third-order valence-corrected chi connectivity index (χ3v) is 15.1. The van der Waals surface area contributed by atoms with Gasteiger partial charge in [0.15, 0.2) is 5.79 Å². The van der Waals surface area contributed by atoms with Crippen molar-refractivity contribution in [1.29, 1.82) is 0 Å². The summed E-state index contributed by atoms with van der Waals surface area (Å²) in [5.74, 6) is -7.62. The van der Waals surface area contributed by atoms with Gasteiger partial charge in [0.2, 0.25) is 23.6 Å². The monoisotopic (exact) mass is 1410 g/mol. The number of nitrogens with one attached hydrogen (secondary N) is 6. The predicted octanol–water partition coefficient (Wildman–Crippen LogP) is 9.36. The number of fused-ring (bicyclic) bond motifs is 2. The van der Waals surface area contributed by atoms with Crippen LogP contribution in [0.15, 0.2) is 84.9 Å². The number of amides is 6. The molecule has 0 spiro atoms. The molecule has 101 heavy (non-hydrogen) atoms. The molecule has 0 aromatic heterocycles. The van der Waals surface area contributed by atoms with Crippen molar-refractivity contribution in [2.75, 3.05) is 39.6 Å². The van der Waals surface area contributed by atoms with E-state index < -0.39 is 136 Å². The summed E-state index contributed by atoms with van der Waals surface area (Å²) in [4.78, 5) is 138. The van der Waals surface area contributed by atoms with Gasteiger partial charge in [-0.2, -0.15) is 0 Å². The van der Waals surface area contributed by atoms with E-state index in [-0.39, 0.29) is 104 Å². The highest BCUT2D eigenvalue weighted by molar-refractivity contribution is 5.95. The summed E-state index contributed by atoms with van der Waals surface area (Å²) in [6.45, 7) is 28.8. The quantitative estimate of drug-likeness (QED) is 0.0144. The Morgan fingerprint density at radius 1 is 0.436 bits per heavy atom. The number of hydrogen-bond acceptors (Lipinski definition) is 19. The van der Waals surface area contributed by atoms with Gasteiger partial charge in [0.1, 0.15) is 64.8 Å². The Bertz CT molecular complexity index is 3470. The number of urea groups is 1. The average molecular weight is 1410 g/mol. The normalized spacial score (nSPS) is 15.5. The Labute approximate surface area is 594 Å². The van der Waals surface area contributed by atoms with Gasteiger partial charge >= 0.3 is 35.9 Å². The predicted molar refractivity (Wildman–Crippen MR) is 379 cm³/mol. The highest BCUT2D eigenvalue weighted by atomic mass is 16.7. The molecule has 5 atom stereocenters. The van der Waals surface area contributed by atoms with Crippen LogP contribution in [0.25, 0.3) is 21.5 Å². The van der Waals surface area contributed by atoms with E-state index in [2.05, 4.69) is 38.0 Å². The fourth-order valence-electron chi connectivity index (χ4n) is 10.5. The molecule has 6 amide bonds. The smallest absolute Gasteiger partial charge is 0.329 e. The van der Waals surface area contributed by atoms with Crippen LogP contribution in [0.3, 0.4) is 0 Å². The van der Waals surface area contributed by atoms with Gasteiger partial charge in [0, 0.05) is 32.2 Å². The van der Waals surface area contributed by atoms with Crippen LogP contribution in [0.1, 0.15) is 187 Å². The van der Waals surface area contributed by atoms with Gasteiger partial charge in [-0.05, 0) is 195 Å². The molecule has 0 radical (unpaired) electrons. The number of rotatable bonds is 34. The summed E-state index contributed by atoms with van der Waals surface area (Å²) in [5, 5.41) is 20.2. The van der Waals surface area contributed by atoms with Gasteiger partial charge in [-0.25, -0.2) is 14.4 Å². The van der Waals surface area contributed by atoms with Crippen LogP contribution in [0, 0.1) is 5.41 Å². The zero-order valence-electron chi connectivity index (χ0n) is 62.2. The van der Waals surface area contributed by atoms with Gasteiger partial charge < -0.3 is 74.5 Å². The van der Waals surface area contributed by atoms with Crippen LogP contribution < -0.4 is 31.9 Å². The Kier molecular flexibility index (Phi) is 30.6. The summed E-state index contributed by atoms with van der Waals surface area (Å²) < 4.78 is 52.2. The van der Waals surface area contributed by atoms with E-state index >= 15 is 0 Å². The molecule has 0 saturated carbocycles. The Morgan fingerprint density at radius 3 is 1.32 bits per heavy atom. The van der Waals surface area contributed by atoms with E-state index in [0.29, 0.717) is 5.56 Å². The SMILES string of the molecule is CC(C)(C)OC(=O)CCC(NC(=O)COCC1(COCc2ccc3ccccc3c2)COC(C)(C)OC1)C(=O)NC(CCC(=O)OC(C)(C)C)C(=O)NC(Cc1ccc2ccccc2c1)C(=O)NCCCCC(NC(=O)NC(CCC(=O)OC(C)(C)C)C(=O)OC(C)(C)C)C(=O)OC(C)(C)C. The Balaban J connectivity index is 1.35. The second-order valence-corrected chi connectivity index (χ2v) is 31.2. The van der Waals surface area contributed by atoms with Gasteiger partial charge in [-0.3, -0.25) is 33.6 Å². The van der Waals surface area contributed by atoms with Crippen molar-refractivity contribution < 1.29 is 90.6 Å². The van der Waals surface area contributed by atoms with E-state index in [9.17, 15) is 47.9 Å². The Morgan fingerprint density at radius 2 is 0.842 bits per heavy atom. The van der Waals surface area contributed by atoms with Crippen LogP contribution in [0.4, 0.5) is 4.79 Å². The third-order valence-electron chi connectivity index (χ3n) is 15.1. The first-order valence-corrected chi connectivity index (χ1v) is 34.7. The minimum atomic E-state index is -1.54. The summed E-state index contributed by atoms with van der Waals surface area (Å²) in [6, 6.07) is 19.4. The number of carbonyl (C=O) groups excluding carboxylic acids is 10.